The van der Waals surface area contributed by atoms with Gasteiger partial charge in [0.25, 0.3) is 0 Å². The van der Waals surface area contributed by atoms with E-state index in [1.54, 1.807) is 0 Å². The minimum absolute atomic E-state index is 0.0691. The first-order valence-electron chi connectivity index (χ1n) is 6.59. The SMILES string of the molecule is CCC1CCCCN1c1sc(S(C)(=O)=O)cc1[N+](=O)[O-]. The van der Waals surface area contributed by atoms with Crippen molar-refractivity contribution in [2.75, 3.05) is 17.7 Å². The van der Waals surface area contributed by atoms with Crippen molar-refractivity contribution < 1.29 is 13.3 Å². The summed E-state index contributed by atoms with van der Waals surface area (Å²) in [5, 5.41) is 11.7. The third-order valence-corrected chi connectivity index (χ3v) is 6.56. The number of nitrogens with zero attached hydrogens (tertiary/aromatic N) is 2. The average molecular weight is 318 g/mol. The summed E-state index contributed by atoms with van der Waals surface area (Å²) in [6.45, 7) is 2.81. The zero-order valence-electron chi connectivity index (χ0n) is 11.5. The second-order valence-corrected chi connectivity index (χ2v) is 8.31. The highest BCUT2D eigenvalue weighted by Gasteiger charge is 2.31. The molecule has 2 rings (SSSR count). The summed E-state index contributed by atoms with van der Waals surface area (Å²) >= 11 is 1.02. The molecule has 0 aromatic carbocycles. The van der Waals surface area contributed by atoms with Gasteiger partial charge in [-0.3, -0.25) is 10.1 Å². The summed E-state index contributed by atoms with van der Waals surface area (Å²) in [7, 11) is -3.41. The Balaban J connectivity index is 2.48. The molecule has 1 saturated heterocycles. The molecule has 1 fully saturated rings. The third-order valence-electron chi connectivity index (χ3n) is 3.59. The van der Waals surface area contributed by atoms with Crippen LogP contribution in [0.3, 0.4) is 0 Å². The Labute approximate surface area is 122 Å². The fraction of sp³-hybridized carbons (Fsp3) is 0.667. The van der Waals surface area contributed by atoms with Crippen LogP contribution in [0.15, 0.2) is 10.3 Å². The topological polar surface area (TPSA) is 80.5 Å². The van der Waals surface area contributed by atoms with E-state index in [4.69, 9.17) is 0 Å². The van der Waals surface area contributed by atoms with Crippen LogP contribution < -0.4 is 4.90 Å². The molecule has 112 valence electrons. The van der Waals surface area contributed by atoms with E-state index in [9.17, 15) is 18.5 Å². The monoisotopic (exact) mass is 318 g/mol. The zero-order valence-corrected chi connectivity index (χ0v) is 13.2. The van der Waals surface area contributed by atoms with Crippen LogP contribution in [0.2, 0.25) is 0 Å². The highest BCUT2D eigenvalue weighted by molar-refractivity contribution is 7.92. The van der Waals surface area contributed by atoms with E-state index in [1.165, 1.54) is 6.07 Å². The molecular formula is C12H18N2O4S2. The Morgan fingerprint density at radius 3 is 2.75 bits per heavy atom. The van der Waals surface area contributed by atoms with Gasteiger partial charge in [-0.2, -0.15) is 0 Å². The van der Waals surface area contributed by atoms with Crippen LogP contribution in [-0.4, -0.2) is 32.2 Å². The number of hydrogen-bond acceptors (Lipinski definition) is 6. The minimum Gasteiger partial charge on any atom is -0.355 e. The van der Waals surface area contributed by atoms with Crippen molar-refractivity contribution in [2.45, 2.75) is 42.9 Å². The van der Waals surface area contributed by atoms with Gasteiger partial charge in [0, 0.05) is 24.9 Å². The number of nitro groups is 1. The summed E-state index contributed by atoms with van der Waals surface area (Å²) in [6, 6.07) is 1.45. The first kappa shape index (κ1) is 15.2. The van der Waals surface area contributed by atoms with Gasteiger partial charge in [0.1, 0.15) is 4.21 Å². The molecule has 1 aliphatic heterocycles. The molecule has 0 amide bonds. The molecule has 2 heterocycles. The molecule has 0 saturated carbocycles. The lowest BCUT2D eigenvalue weighted by Crippen LogP contribution is -2.38. The van der Waals surface area contributed by atoms with E-state index in [-0.39, 0.29) is 15.9 Å². The summed E-state index contributed by atoms with van der Waals surface area (Å²) in [6.07, 6.45) is 5.09. The van der Waals surface area contributed by atoms with Crippen molar-refractivity contribution in [1.82, 2.24) is 0 Å². The molecule has 1 unspecified atom stereocenters. The first-order chi connectivity index (χ1) is 9.34. The average Bonchev–Trinajstić information content (AvgIpc) is 2.83. The maximum absolute atomic E-state index is 11.6. The molecule has 1 atom stereocenters. The highest BCUT2D eigenvalue weighted by Crippen LogP contribution is 2.42. The van der Waals surface area contributed by atoms with E-state index in [0.717, 1.165) is 49.8 Å². The van der Waals surface area contributed by atoms with E-state index in [1.807, 2.05) is 4.90 Å². The Kier molecular flexibility index (Phi) is 4.33. The Morgan fingerprint density at radius 1 is 1.50 bits per heavy atom. The predicted octanol–water partition coefficient (Wildman–Crippen LogP) is 2.83. The zero-order chi connectivity index (χ0) is 14.9. The van der Waals surface area contributed by atoms with E-state index >= 15 is 0 Å². The molecule has 0 N–H and O–H groups in total. The van der Waals surface area contributed by atoms with Crippen LogP contribution in [-0.2, 0) is 9.84 Å². The molecule has 0 aliphatic carbocycles. The number of hydrogen-bond donors (Lipinski definition) is 0. The van der Waals surface area contributed by atoms with Crippen LogP contribution in [0.4, 0.5) is 10.7 Å². The summed E-state index contributed by atoms with van der Waals surface area (Å²) in [4.78, 5) is 12.7. The Morgan fingerprint density at radius 2 is 2.20 bits per heavy atom. The number of piperidine rings is 1. The third kappa shape index (κ3) is 2.95. The van der Waals surface area contributed by atoms with Crippen molar-refractivity contribution >= 4 is 31.9 Å². The van der Waals surface area contributed by atoms with Gasteiger partial charge in [-0.1, -0.05) is 18.3 Å². The van der Waals surface area contributed by atoms with Crippen molar-refractivity contribution in [3.8, 4) is 0 Å². The smallest absolute Gasteiger partial charge is 0.305 e. The van der Waals surface area contributed by atoms with Crippen molar-refractivity contribution in [3.05, 3.63) is 16.2 Å². The van der Waals surface area contributed by atoms with Gasteiger partial charge in [0.15, 0.2) is 14.8 Å². The molecule has 0 bridgehead atoms. The quantitative estimate of drug-likeness (QED) is 0.630. The van der Waals surface area contributed by atoms with Crippen LogP contribution in [0, 0.1) is 10.1 Å². The minimum atomic E-state index is -3.41. The molecule has 0 spiro atoms. The Bertz CT molecular complexity index is 609. The second-order valence-electron chi connectivity index (χ2n) is 5.04. The number of thiophene rings is 1. The van der Waals surface area contributed by atoms with Gasteiger partial charge in [-0.15, -0.1) is 0 Å². The van der Waals surface area contributed by atoms with Gasteiger partial charge in [-0.05, 0) is 25.7 Å². The van der Waals surface area contributed by atoms with Gasteiger partial charge < -0.3 is 4.90 Å². The van der Waals surface area contributed by atoms with E-state index < -0.39 is 14.8 Å². The molecule has 6 nitrogen and oxygen atoms in total. The van der Waals surface area contributed by atoms with Gasteiger partial charge in [0.2, 0.25) is 0 Å². The Hall–Kier alpha value is -1.15. The van der Waals surface area contributed by atoms with Crippen molar-refractivity contribution in [3.63, 3.8) is 0 Å². The maximum atomic E-state index is 11.6. The molecule has 20 heavy (non-hydrogen) atoms. The van der Waals surface area contributed by atoms with Crippen LogP contribution in [0.25, 0.3) is 0 Å². The van der Waals surface area contributed by atoms with Crippen LogP contribution >= 0.6 is 11.3 Å². The normalized spacial score (nSPS) is 20.1. The molecular weight excluding hydrogens is 300 g/mol. The molecule has 1 aliphatic rings. The van der Waals surface area contributed by atoms with Gasteiger partial charge in [0.05, 0.1) is 4.92 Å². The second kappa shape index (κ2) is 5.69. The van der Waals surface area contributed by atoms with E-state index in [0.29, 0.717) is 5.00 Å². The fourth-order valence-corrected chi connectivity index (χ4v) is 4.69. The number of anilines is 1. The lowest BCUT2D eigenvalue weighted by Gasteiger charge is -2.35. The summed E-state index contributed by atoms with van der Waals surface area (Å²) in [5.74, 6) is 0. The lowest BCUT2D eigenvalue weighted by atomic mass is 10.0. The standard InChI is InChI=1S/C12H18N2O4S2/c1-3-9-6-4-5-7-13(9)12-10(14(15)16)8-11(19-12)20(2,17)18/h8-9H,3-7H2,1-2H3. The maximum Gasteiger partial charge on any atom is 0.305 e. The fourth-order valence-electron chi connectivity index (χ4n) is 2.56. The van der Waals surface area contributed by atoms with Crippen molar-refractivity contribution in [1.29, 1.82) is 0 Å². The molecule has 1 aromatic rings. The summed E-state index contributed by atoms with van der Waals surface area (Å²) < 4.78 is 23.3. The van der Waals surface area contributed by atoms with E-state index in [2.05, 4.69) is 6.92 Å². The number of rotatable bonds is 4. The number of sulfone groups is 1. The largest absolute Gasteiger partial charge is 0.355 e. The molecule has 0 radical (unpaired) electrons. The van der Waals surface area contributed by atoms with Crippen LogP contribution in [0.5, 0.6) is 0 Å². The van der Waals surface area contributed by atoms with Gasteiger partial charge >= 0.3 is 5.69 Å². The molecule has 8 heteroatoms. The highest BCUT2D eigenvalue weighted by atomic mass is 32.2. The van der Waals surface area contributed by atoms with Gasteiger partial charge in [-0.25, -0.2) is 8.42 Å². The lowest BCUT2D eigenvalue weighted by molar-refractivity contribution is -0.383. The predicted molar refractivity (Wildman–Crippen MR) is 79.4 cm³/mol. The van der Waals surface area contributed by atoms with Crippen molar-refractivity contribution in [2.24, 2.45) is 0 Å². The molecule has 1 aromatic heterocycles. The summed E-state index contributed by atoms with van der Waals surface area (Å²) in [5.41, 5.74) is -0.0872. The first-order valence-corrected chi connectivity index (χ1v) is 9.30. The van der Waals surface area contributed by atoms with Crippen LogP contribution in [0.1, 0.15) is 32.6 Å².